The Kier molecular flexibility index (Phi) is 6.56. The van der Waals surface area contributed by atoms with Gasteiger partial charge in [-0.3, -0.25) is 9.69 Å². The first-order valence-corrected chi connectivity index (χ1v) is 11.4. The molecule has 2 heterocycles. The zero-order chi connectivity index (χ0) is 23.8. The maximum absolute atomic E-state index is 14.0. The molecule has 0 radical (unpaired) electrons. The van der Waals surface area contributed by atoms with Gasteiger partial charge in [0.2, 0.25) is 0 Å². The highest BCUT2D eigenvalue weighted by Gasteiger charge is 2.37. The van der Waals surface area contributed by atoms with E-state index in [9.17, 15) is 18.0 Å². The van der Waals surface area contributed by atoms with Crippen molar-refractivity contribution in [2.75, 3.05) is 48.8 Å². The van der Waals surface area contributed by atoms with Gasteiger partial charge in [-0.25, -0.2) is 0 Å². The fraction of sp³-hybridized carbons (Fsp3) is 0.480. The number of carbonyl (C=O) groups excluding carboxylic acids is 1. The summed E-state index contributed by atoms with van der Waals surface area (Å²) in [6.45, 7) is 4.74. The minimum atomic E-state index is -4.58. The van der Waals surface area contributed by atoms with Gasteiger partial charge in [0.15, 0.2) is 0 Å². The van der Waals surface area contributed by atoms with Gasteiger partial charge in [-0.15, -0.1) is 0 Å². The number of nitrogens with one attached hydrogen (secondary N) is 1. The summed E-state index contributed by atoms with van der Waals surface area (Å²) < 4.78 is 41.9. The van der Waals surface area contributed by atoms with Crippen molar-refractivity contribution in [2.45, 2.75) is 44.4 Å². The van der Waals surface area contributed by atoms with Gasteiger partial charge >= 0.3 is 6.18 Å². The average Bonchev–Trinajstić information content (AvgIpc) is 3.42. The van der Waals surface area contributed by atoms with E-state index in [2.05, 4.69) is 17.1 Å². The number of anilines is 3. The zero-order valence-electron chi connectivity index (χ0n) is 19.3. The Balaban J connectivity index is 1.56. The number of likely N-dealkylation sites (tertiary alicyclic amines) is 1. The van der Waals surface area contributed by atoms with Crippen LogP contribution in [0.15, 0.2) is 42.5 Å². The van der Waals surface area contributed by atoms with E-state index in [0.29, 0.717) is 29.0 Å². The highest BCUT2D eigenvalue weighted by atomic mass is 19.4. The molecular formula is C25H31F3N4O. The maximum Gasteiger partial charge on any atom is 0.418 e. The van der Waals surface area contributed by atoms with E-state index in [1.165, 1.54) is 25.0 Å². The number of alkyl halides is 3. The van der Waals surface area contributed by atoms with Gasteiger partial charge in [0.05, 0.1) is 16.8 Å². The van der Waals surface area contributed by atoms with Crippen LogP contribution in [-0.4, -0.2) is 56.6 Å². The van der Waals surface area contributed by atoms with Gasteiger partial charge < -0.3 is 15.1 Å². The lowest BCUT2D eigenvalue weighted by molar-refractivity contribution is -0.136. The molecule has 4 rings (SSSR count). The Morgan fingerprint density at radius 1 is 1.09 bits per heavy atom. The number of halogens is 3. The molecule has 2 aliphatic heterocycles. The van der Waals surface area contributed by atoms with E-state index in [1.807, 2.05) is 4.90 Å². The van der Waals surface area contributed by atoms with Crippen molar-refractivity contribution >= 4 is 23.0 Å². The van der Waals surface area contributed by atoms with Crippen LogP contribution in [0.2, 0.25) is 0 Å². The van der Waals surface area contributed by atoms with Crippen LogP contribution in [0.1, 0.15) is 42.1 Å². The molecule has 0 aromatic heterocycles. The number of rotatable bonds is 5. The molecule has 1 N–H and O–H groups in total. The molecule has 2 unspecified atom stereocenters. The summed E-state index contributed by atoms with van der Waals surface area (Å²) >= 11 is 0. The van der Waals surface area contributed by atoms with Crippen molar-refractivity contribution in [3.8, 4) is 0 Å². The summed E-state index contributed by atoms with van der Waals surface area (Å²) in [4.78, 5) is 19.1. The molecule has 0 saturated carbocycles. The fourth-order valence-electron chi connectivity index (χ4n) is 5.06. The predicted octanol–water partition coefficient (Wildman–Crippen LogP) is 5.09. The first-order valence-electron chi connectivity index (χ1n) is 11.4. The molecular weight excluding hydrogens is 429 g/mol. The van der Waals surface area contributed by atoms with Gasteiger partial charge in [0.25, 0.3) is 5.91 Å². The lowest BCUT2D eigenvalue weighted by atomic mass is 10.1. The second-order valence-electron chi connectivity index (χ2n) is 9.21. The van der Waals surface area contributed by atoms with E-state index >= 15 is 0 Å². The van der Waals surface area contributed by atoms with Crippen molar-refractivity contribution in [3.63, 3.8) is 0 Å². The molecule has 33 heavy (non-hydrogen) atoms. The molecule has 8 heteroatoms. The number of benzene rings is 2. The Morgan fingerprint density at radius 3 is 2.52 bits per heavy atom. The largest absolute Gasteiger partial charge is 0.418 e. The normalized spacial score (nSPS) is 21.5. The van der Waals surface area contributed by atoms with E-state index in [4.69, 9.17) is 0 Å². The van der Waals surface area contributed by atoms with Crippen molar-refractivity contribution in [3.05, 3.63) is 53.6 Å². The van der Waals surface area contributed by atoms with Crippen LogP contribution in [0.4, 0.5) is 30.2 Å². The first kappa shape index (κ1) is 23.4. The minimum absolute atomic E-state index is 0.228. The number of hydrogen-bond donors (Lipinski definition) is 1. The van der Waals surface area contributed by atoms with E-state index in [-0.39, 0.29) is 5.69 Å². The number of hydrogen-bond acceptors (Lipinski definition) is 4. The van der Waals surface area contributed by atoms with Crippen LogP contribution >= 0.6 is 0 Å². The first-order chi connectivity index (χ1) is 15.6. The summed E-state index contributed by atoms with van der Waals surface area (Å²) in [5.41, 5.74) is 0.451. The summed E-state index contributed by atoms with van der Waals surface area (Å²) in [5, 5.41) is 2.49. The third-order valence-corrected chi connectivity index (χ3v) is 6.79. The lowest BCUT2D eigenvalue weighted by Gasteiger charge is -2.29. The molecule has 0 spiro atoms. The second kappa shape index (κ2) is 9.25. The number of amides is 1. The zero-order valence-corrected chi connectivity index (χ0v) is 19.3. The van der Waals surface area contributed by atoms with Crippen LogP contribution in [0.5, 0.6) is 0 Å². The van der Waals surface area contributed by atoms with Gasteiger partial charge in [0.1, 0.15) is 0 Å². The van der Waals surface area contributed by atoms with Crippen molar-refractivity contribution in [2.24, 2.45) is 0 Å². The number of carbonyl (C=O) groups is 1. The molecule has 178 valence electrons. The number of para-hydroxylation sites is 1. The maximum atomic E-state index is 14.0. The monoisotopic (exact) mass is 460 g/mol. The van der Waals surface area contributed by atoms with Crippen LogP contribution in [0, 0.1) is 0 Å². The smallest absolute Gasteiger partial charge is 0.377 e. The Bertz CT molecular complexity index is 1010. The molecule has 2 aliphatic rings. The lowest BCUT2D eigenvalue weighted by Crippen LogP contribution is -2.39. The Hall–Kier alpha value is -2.74. The van der Waals surface area contributed by atoms with E-state index in [1.54, 1.807) is 49.3 Å². The van der Waals surface area contributed by atoms with Crippen molar-refractivity contribution in [1.29, 1.82) is 0 Å². The quantitative estimate of drug-likeness (QED) is 0.675. The van der Waals surface area contributed by atoms with Gasteiger partial charge in [0, 0.05) is 50.6 Å². The van der Waals surface area contributed by atoms with Crippen LogP contribution < -0.4 is 15.1 Å². The van der Waals surface area contributed by atoms with Crippen LogP contribution in [0.3, 0.4) is 0 Å². The van der Waals surface area contributed by atoms with E-state index in [0.717, 1.165) is 26.1 Å². The average molecular weight is 461 g/mol. The van der Waals surface area contributed by atoms with Crippen molar-refractivity contribution < 1.29 is 18.0 Å². The fourth-order valence-corrected chi connectivity index (χ4v) is 5.06. The third kappa shape index (κ3) is 4.95. The molecule has 0 bridgehead atoms. The SMILES string of the molecule is CC1CCCN1C1CCN(c2ccc(NC(=O)c3ccccc3N(C)C)c(C(F)(F)F)c2)C1. The molecule has 2 atom stereocenters. The third-order valence-electron chi connectivity index (χ3n) is 6.79. The molecule has 2 aromatic carbocycles. The van der Waals surface area contributed by atoms with E-state index < -0.39 is 17.6 Å². The summed E-state index contributed by atoms with van der Waals surface area (Å²) in [5.74, 6) is -0.568. The molecule has 2 fully saturated rings. The summed E-state index contributed by atoms with van der Waals surface area (Å²) in [6, 6.07) is 12.0. The number of nitrogens with zero attached hydrogens (tertiary/aromatic N) is 3. The van der Waals surface area contributed by atoms with Gasteiger partial charge in [-0.2, -0.15) is 13.2 Å². The van der Waals surface area contributed by atoms with Gasteiger partial charge in [-0.05, 0) is 63.1 Å². The van der Waals surface area contributed by atoms with Gasteiger partial charge in [-0.1, -0.05) is 12.1 Å². The molecule has 0 aliphatic carbocycles. The second-order valence-corrected chi connectivity index (χ2v) is 9.21. The standard InChI is InChI=1S/C25H31F3N4O/c1-17-7-6-13-32(17)19-12-14-31(16-19)18-10-11-22(21(15-18)25(26,27)28)29-24(33)20-8-4-5-9-23(20)30(2)3/h4-5,8-11,15,17,19H,6-7,12-14,16H2,1-3H3,(H,29,33). The topological polar surface area (TPSA) is 38.8 Å². The Morgan fingerprint density at radius 2 is 1.85 bits per heavy atom. The predicted molar refractivity (Wildman–Crippen MR) is 126 cm³/mol. The molecule has 2 saturated heterocycles. The van der Waals surface area contributed by atoms with Crippen LogP contribution in [-0.2, 0) is 6.18 Å². The molecule has 1 amide bonds. The molecule has 5 nitrogen and oxygen atoms in total. The molecule has 2 aromatic rings. The minimum Gasteiger partial charge on any atom is -0.377 e. The van der Waals surface area contributed by atoms with Crippen molar-refractivity contribution in [1.82, 2.24) is 4.90 Å². The summed E-state index contributed by atoms with van der Waals surface area (Å²) in [6.07, 6.45) is -1.27. The highest BCUT2D eigenvalue weighted by molar-refractivity contribution is 6.08. The van der Waals surface area contributed by atoms with Crippen LogP contribution in [0.25, 0.3) is 0 Å². The Labute approximate surface area is 193 Å². The highest BCUT2D eigenvalue weighted by Crippen LogP contribution is 2.39. The summed E-state index contributed by atoms with van der Waals surface area (Å²) in [7, 11) is 3.57.